The Hall–Kier alpha value is -3.36. The van der Waals surface area contributed by atoms with Gasteiger partial charge in [0.15, 0.2) is 0 Å². The first kappa shape index (κ1) is 34.1. The monoisotopic (exact) mass is 678 g/mol. The van der Waals surface area contributed by atoms with Crippen LogP contribution in [0.2, 0.25) is 15.1 Å². The van der Waals surface area contributed by atoms with E-state index in [4.69, 9.17) is 44.7 Å². The minimum absolute atomic E-state index is 0.0746. The fourth-order valence-electron chi connectivity index (χ4n) is 3.83. The highest BCUT2D eigenvalue weighted by Crippen LogP contribution is 2.31. The molecule has 1 aliphatic heterocycles. The highest BCUT2D eigenvalue weighted by molar-refractivity contribution is 7.13. The van der Waals surface area contributed by atoms with Gasteiger partial charge < -0.3 is 20.6 Å². The quantitative estimate of drug-likeness (QED) is 0.273. The molecule has 0 bridgehead atoms. The van der Waals surface area contributed by atoms with Gasteiger partial charge in [0, 0.05) is 55.4 Å². The number of anilines is 2. The molecule has 1 aliphatic rings. The van der Waals surface area contributed by atoms with E-state index in [1.165, 1.54) is 17.4 Å². The lowest BCUT2D eigenvalue weighted by molar-refractivity contribution is -0.192. The number of amides is 3. The molecule has 2 aromatic carbocycles. The van der Waals surface area contributed by atoms with E-state index in [1.54, 1.807) is 43.3 Å². The molecular formula is C27H24Cl3F3N4O5S. The molecule has 3 amide bonds. The highest BCUT2D eigenvalue weighted by Gasteiger charge is 2.38. The lowest BCUT2D eigenvalue weighted by atomic mass is 10.1. The number of nitrogens with zero attached hydrogens (tertiary/aromatic N) is 2. The van der Waals surface area contributed by atoms with Crippen LogP contribution in [-0.2, 0) is 16.1 Å². The van der Waals surface area contributed by atoms with Gasteiger partial charge >= 0.3 is 12.1 Å². The summed E-state index contributed by atoms with van der Waals surface area (Å²) in [6.45, 7) is 4.98. The number of carboxylic acid groups (broad SMARTS) is 1. The van der Waals surface area contributed by atoms with Crippen molar-refractivity contribution in [3.05, 3.63) is 78.9 Å². The number of rotatable bonds is 6. The second-order valence-electron chi connectivity index (χ2n) is 9.09. The zero-order chi connectivity index (χ0) is 31.9. The third-order valence-corrected chi connectivity index (χ3v) is 8.10. The van der Waals surface area contributed by atoms with E-state index in [0.29, 0.717) is 51.0 Å². The van der Waals surface area contributed by atoms with Crippen molar-refractivity contribution < 1.29 is 37.5 Å². The van der Waals surface area contributed by atoms with Crippen LogP contribution < -0.4 is 10.6 Å². The number of carboxylic acids is 1. The smallest absolute Gasteiger partial charge is 0.475 e. The zero-order valence-electron chi connectivity index (χ0n) is 22.3. The van der Waals surface area contributed by atoms with Crippen LogP contribution in [0.4, 0.5) is 24.5 Å². The van der Waals surface area contributed by atoms with Crippen molar-refractivity contribution in [1.82, 2.24) is 9.80 Å². The highest BCUT2D eigenvalue weighted by atomic mass is 35.5. The van der Waals surface area contributed by atoms with Crippen LogP contribution in [0.1, 0.15) is 32.5 Å². The van der Waals surface area contributed by atoms with Gasteiger partial charge in [-0.15, -0.1) is 11.3 Å². The fourth-order valence-corrected chi connectivity index (χ4v) is 5.37. The molecule has 4 rings (SSSR count). The molecule has 230 valence electrons. The number of hydrogen-bond donors (Lipinski definition) is 3. The van der Waals surface area contributed by atoms with Crippen LogP contribution in [0.5, 0.6) is 0 Å². The number of aliphatic carboxylic acids is 1. The van der Waals surface area contributed by atoms with Crippen LogP contribution >= 0.6 is 46.1 Å². The summed E-state index contributed by atoms with van der Waals surface area (Å²) in [6, 6.07) is 11.3. The summed E-state index contributed by atoms with van der Waals surface area (Å²) in [5, 5.41) is 15.9. The van der Waals surface area contributed by atoms with E-state index in [0.717, 1.165) is 18.7 Å². The summed E-state index contributed by atoms with van der Waals surface area (Å²) in [5.74, 6) is -3.53. The average molecular weight is 680 g/mol. The number of alkyl halides is 3. The molecule has 1 fully saturated rings. The molecule has 0 saturated carbocycles. The van der Waals surface area contributed by atoms with Gasteiger partial charge in [-0.25, -0.2) is 4.79 Å². The van der Waals surface area contributed by atoms with Crippen molar-refractivity contribution in [3.63, 3.8) is 0 Å². The van der Waals surface area contributed by atoms with Crippen molar-refractivity contribution in [2.24, 2.45) is 0 Å². The Balaban J connectivity index is 0.000000646. The van der Waals surface area contributed by atoms with Crippen molar-refractivity contribution in [2.75, 3.05) is 36.8 Å². The van der Waals surface area contributed by atoms with E-state index in [1.807, 2.05) is 10.3 Å². The second-order valence-corrected chi connectivity index (χ2v) is 11.2. The fraction of sp³-hybridized carbons (Fsp3) is 0.259. The van der Waals surface area contributed by atoms with Gasteiger partial charge in [-0.05, 0) is 53.4 Å². The molecule has 3 N–H and O–H groups in total. The van der Waals surface area contributed by atoms with E-state index < -0.39 is 24.0 Å². The van der Waals surface area contributed by atoms with Crippen molar-refractivity contribution >= 4 is 81.2 Å². The largest absolute Gasteiger partial charge is 0.490 e. The van der Waals surface area contributed by atoms with Gasteiger partial charge in [0.25, 0.3) is 11.8 Å². The third-order valence-electron chi connectivity index (χ3n) is 6.04. The Labute approximate surface area is 263 Å². The molecular weight excluding hydrogens is 656 g/mol. The van der Waals surface area contributed by atoms with Gasteiger partial charge in [0.05, 0.1) is 16.3 Å². The summed E-state index contributed by atoms with van der Waals surface area (Å²) >= 11 is 19.9. The molecule has 2 heterocycles. The molecule has 1 saturated heterocycles. The molecule has 0 unspecified atom stereocenters. The predicted molar refractivity (Wildman–Crippen MR) is 159 cm³/mol. The molecule has 0 radical (unpaired) electrons. The van der Waals surface area contributed by atoms with Gasteiger partial charge in [0.2, 0.25) is 5.91 Å². The summed E-state index contributed by atoms with van der Waals surface area (Å²) in [4.78, 5) is 50.8. The maximum atomic E-state index is 13.1. The van der Waals surface area contributed by atoms with E-state index >= 15 is 0 Å². The number of nitrogens with one attached hydrogen (secondary N) is 2. The summed E-state index contributed by atoms with van der Waals surface area (Å²) in [5.41, 5.74) is 1.92. The van der Waals surface area contributed by atoms with Crippen LogP contribution in [0.25, 0.3) is 0 Å². The normalized spacial score (nSPS) is 13.5. The minimum Gasteiger partial charge on any atom is -0.475 e. The summed E-state index contributed by atoms with van der Waals surface area (Å²) in [7, 11) is 0. The topological polar surface area (TPSA) is 119 Å². The SMILES string of the molecule is CC(=O)N1CCN(Cc2csc(C(=O)Nc3ccc(Cl)cc3C(=O)Nc3ccc(Cl)cc3)c2Cl)CC1.O=C(O)C(F)(F)F. The maximum absolute atomic E-state index is 13.1. The number of thiophene rings is 1. The van der Waals surface area contributed by atoms with Gasteiger partial charge in [-0.2, -0.15) is 13.2 Å². The molecule has 3 aromatic rings. The standard InChI is InChI=1S/C25H23Cl3N4O3S.C2HF3O2/c1-15(33)32-10-8-31(9-11-32)13-16-14-36-23(22(16)28)25(35)30-21-7-4-18(27)12-20(21)24(34)29-19-5-2-17(26)3-6-19;3-2(4,5)1(6)7/h2-7,12,14H,8-11,13H2,1H3,(H,29,34)(H,30,35);(H,6,7). The van der Waals surface area contributed by atoms with Gasteiger partial charge in [0.1, 0.15) is 4.88 Å². The Bertz CT molecular complexity index is 1490. The van der Waals surface area contributed by atoms with Crippen LogP contribution in [-0.4, -0.2) is 71.0 Å². The number of piperazine rings is 1. The van der Waals surface area contributed by atoms with Crippen LogP contribution in [0, 0.1) is 0 Å². The molecule has 0 spiro atoms. The lowest BCUT2D eigenvalue weighted by Gasteiger charge is -2.34. The first-order chi connectivity index (χ1) is 20.1. The van der Waals surface area contributed by atoms with Crippen LogP contribution in [0.3, 0.4) is 0 Å². The Morgan fingerprint density at radius 3 is 2.05 bits per heavy atom. The van der Waals surface area contributed by atoms with E-state index in [9.17, 15) is 27.6 Å². The van der Waals surface area contributed by atoms with E-state index in [-0.39, 0.29) is 11.5 Å². The van der Waals surface area contributed by atoms with Crippen molar-refractivity contribution in [3.8, 4) is 0 Å². The lowest BCUT2D eigenvalue weighted by Crippen LogP contribution is -2.47. The average Bonchev–Trinajstić information content (AvgIpc) is 3.30. The molecule has 9 nitrogen and oxygen atoms in total. The number of carbonyl (C=O) groups excluding carboxylic acids is 3. The van der Waals surface area contributed by atoms with Crippen LogP contribution in [0.15, 0.2) is 47.8 Å². The zero-order valence-corrected chi connectivity index (χ0v) is 25.4. The summed E-state index contributed by atoms with van der Waals surface area (Å²) < 4.78 is 31.7. The second kappa shape index (κ2) is 14.9. The minimum atomic E-state index is -5.08. The first-order valence-electron chi connectivity index (χ1n) is 12.4. The number of carbonyl (C=O) groups is 4. The van der Waals surface area contributed by atoms with Gasteiger partial charge in [-0.1, -0.05) is 34.8 Å². The Kier molecular flexibility index (Phi) is 11.8. The molecule has 16 heteroatoms. The van der Waals surface area contributed by atoms with Crippen molar-refractivity contribution in [1.29, 1.82) is 0 Å². The maximum Gasteiger partial charge on any atom is 0.490 e. The predicted octanol–water partition coefficient (Wildman–Crippen LogP) is 6.51. The van der Waals surface area contributed by atoms with E-state index in [2.05, 4.69) is 15.5 Å². The number of halogens is 6. The molecule has 0 aliphatic carbocycles. The first-order valence-corrected chi connectivity index (χ1v) is 14.4. The number of benzene rings is 2. The van der Waals surface area contributed by atoms with Crippen molar-refractivity contribution in [2.45, 2.75) is 19.6 Å². The van der Waals surface area contributed by atoms with Gasteiger partial charge in [-0.3, -0.25) is 19.3 Å². The summed E-state index contributed by atoms with van der Waals surface area (Å²) in [6.07, 6.45) is -5.08. The molecule has 1 aromatic heterocycles. The molecule has 0 atom stereocenters. The third kappa shape index (κ3) is 9.83. The molecule has 43 heavy (non-hydrogen) atoms. The Morgan fingerprint density at radius 2 is 1.49 bits per heavy atom. The number of hydrogen-bond acceptors (Lipinski definition) is 6. The Morgan fingerprint density at radius 1 is 0.907 bits per heavy atom.